The van der Waals surface area contributed by atoms with Gasteiger partial charge in [-0.3, -0.25) is 9.69 Å². The van der Waals surface area contributed by atoms with E-state index >= 15 is 0 Å². The van der Waals surface area contributed by atoms with Crippen LogP contribution in [0.25, 0.3) is 0 Å². The van der Waals surface area contributed by atoms with Gasteiger partial charge in [0.25, 0.3) is 6.43 Å². The highest BCUT2D eigenvalue weighted by Gasteiger charge is 2.47. The Morgan fingerprint density at radius 1 is 1.60 bits per heavy atom. The molecule has 0 aromatic rings. The lowest BCUT2D eigenvalue weighted by Gasteiger charge is -2.34. The van der Waals surface area contributed by atoms with E-state index in [1.165, 1.54) is 4.90 Å². The molecule has 1 aliphatic rings. The number of halogens is 2. The second-order valence-corrected chi connectivity index (χ2v) is 4.03. The predicted molar refractivity (Wildman–Crippen MR) is 52.1 cm³/mol. The summed E-state index contributed by atoms with van der Waals surface area (Å²) in [5.41, 5.74) is -1.04. The summed E-state index contributed by atoms with van der Waals surface area (Å²) in [5, 5.41) is 9.19. The van der Waals surface area contributed by atoms with Crippen LogP contribution in [0.1, 0.15) is 32.6 Å². The first-order valence-electron chi connectivity index (χ1n) is 5.29. The summed E-state index contributed by atoms with van der Waals surface area (Å²) in [7, 11) is 0. The molecule has 0 amide bonds. The van der Waals surface area contributed by atoms with Crippen LogP contribution >= 0.6 is 0 Å². The van der Waals surface area contributed by atoms with Crippen molar-refractivity contribution in [1.82, 2.24) is 4.90 Å². The van der Waals surface area contributed by atoms with E-state index in [9.17, 15) is 18.7 Å². The van der Waals surface area contributed by atoms with E-state index in [0.29, 0.717) is 32.2 Å². The van der Waals surface area contributed by atoms with Gasteiger partial charge in [-0.05, 0) is 25.8 Å². The lowest BCUT2D eigenvalue weighted by atomic mass is 9.91. The standard InChI is InChI=1S/C10H17F2NO2/c1-2-4-10(9(14)15)5-3-6-13(10)7-8(11)12/h8H,2-7H2,1H3,(H,14,15). The molecule has 1 unspecified atom stereocenters. The van der Waals surface area contributed by atoms with Gasteiger partial charge in [-0.25, -0.2) is 8.78 Å². The van der Waals surface area contributed by atoms with Gasteiger partial charge in [0.15, 0.2) is 0 Å². The van der Waals surface area contributed by atoms with E-state index in [1.54, 1.807) is 0 Å². The van der Waals surface area contributed by atoms with Crippen molar-refractivity contribution in [2.75, 3.05) is 13.1 Å². The monoisotopic (exact) mass is 221 g/mol. The molecule has 5 heteroatoms. The zero-order chi connectivity index (χ0) is 11.5. The van der Waals surface area contributed by atoms with E-state index in [0.717, 1.165) is 0 Å². The van der Waals surface area contributed by atoms with Crippen LogP contribution in [-0.2, 0) is 4.79 Å². The number of rotatable bonds is 5. The molecule has 1 rings (SSSR count). The second kappa shape index (κ2) is 4.88. The largest absolute Gasteiger partial charge is 0.480 e. The third-order valence-corrected chi connectivity index (χ3v) is 3.04. The van der Waals surface area contributed by atoms with Crippen LogP contribution in [-0.4, -0.2) is 41.0 Å². The van der Waals surface area contributed by atoms with Gasteiger partial charge in [-0.2, -0.15) is 0 Å². The highest BCUT2D eigenvalue weighted by Crippen LogP contribution is 2.34. The van der Waals surface area contributed by atoms with E-state index < -0.39 is 24.5 Å². The van der Waals surface area contributed by atoms with Gasteiger partial charge < -0.3 is 5.11 Å². The number of hydrogen-bond acceptors (Lipinski definition) is 2. The number of hydrogen-bond donors (Lipinski definition) is 1. The molecule has 1 saturated heterocycles. The van der Waals surface area contributed by atoms with E-state index in [1.807, 2.05) is 6.92 Å². The van der Waals surface area contributed by atoms with Gasteiger partial charge in [-0.15, -0.1) is 0 Å². The van der Waals surface area contributed by atoms with Gasteiger partial charge in [0.2, 0.25) is 0 Å². The van der Waals surface area contributed by atoms with Crippen LogP contribution < -0.4 is 0 Å². The SMILES string of the molecule is CCCC1(C(=O)O)CCCN1CC(F)F. The molecule has 1 aliphatic heterocycles. The van der Waals surface area contributed by atoms with Crippen LogP contribution in [0.2, 0.25) is 0 Å². The molecule has 1 heterocycles. The van der Waals surface area contributed by atoms with Crippen LogP contribution in [0.5, 0.6) is 0 Å². The Bertz CT molecular complexity index is 235. The average Bonchev–Trinajstić information content (AvgIpc) is 2.49. The number of alkyl halides is 2. The minimum atomic E-state index is -2.46. The van der Waals surface area contributed by atoms with Crippen molar-refractivity contribution < 1.29 is 18.7 Å². The fraction of sp³-hybridized carbons (Fsp3) is 0.900. The second-order valence-electron chi connectivity index (χ2n) is 4.03. The van der Waals surface area contributed by atoms with Crippen LogP contribution in [0.4, 0.5) is 8.78 Å². The first kappa shape index (κ1) is 12.4. The highest BCUT2D eigenvalue weighted by molar-refractivity contribution is 5.79. The van der Waals surface area contributed by atoms with Gasteiger partial charge >= 0.3 is 5.97 Å². The Labute approximate surface area is 88.1 Å². The smallest absolute Gasteiger partial charge is 0.324 e. The normalized spacial score (nSPS) is 27.5. The minimum Gasteiger partial charge on any atom is -0.480 e. The molecule has 1 atom stereocenters. The first-order chi connectivity index (χ1) is 7.03. The predicted octanol–water partition coefficient (Wildman–Crippen LogP) is 1.97. The van der Waals surface area contributed by atoms with Crippen molar-refractivity contribution in [2.45, 2.75) is 44.6 Å². The number of nitrogens with zero attached hydrogens (tertiary/aromatic N) is 1. The molecule has 15 heavy (non-hydrogen) atoms. The summed E-state index contributed by atoms with van der Waals surface area (Å²) >= 11 is 0. The molecule has 88 valence electrons. The van der Waals surface area contributed by atoms with Gasteiger partial charge in [0.05, 0.1) is 6.54 Å². The number of carboxylic acid groups (broad SMARTS) is 1. The van der Waals surface area contributed by atoms with E-state index in [2.05, 4.69) is 0 Å². The van der Waals surface area contributed by atoms with E-state index in [-0.39, 0.29) is 0 Å². The van der Waals surface area contributed by atoms with Crippen molar-refractivity contribution in [3.8, 4) is 0 Å². The molecular formula is C10H17F2NO2. The van der Waals surface area contributed by atoms with Gasteiger partial charge in [0.1, 0.15) is 5.54 Å². The minimum absolute atomic E-state index is 0.424. The summed E-state index contributed by atoms with van der Waals surface area (Å²) in [4.78, 5) is 12.7. The number of carbonyl (C=O) groups is 1. The summed E-state index contributed by atoms with van der Waals surface area (Å²) in [6, 6.07) is 0. The Morgan fingerprint density at radius 2 is 2.27 bits per heavy atom. The van der Waals surface area contributed by atoms with Gasteiger partial charge in [0, 0.05) is 0 Å². The Kier molecular flexibility index (Phi) is 4.02. The van der Waals surface area contributed by atoms with Crippen LogP contribution in [0.15, 0.2) is 0 Å². The molecule has 1 N–H and O–H groups in total. The summed E-state index contributed by atoms with van der Waals surface area (Å²) in [6.07, 6.45) is -0.123. The average molecular weight is 221 g/mol. The maximum Gasteiger partial charge on any atom is 0.324 e. The van der Waals surface area contributed by atoms with Crippen molar-refractivity contribution in [2.24, 2.45) is 0 Å². The molecule has 0 aromatic carbocycles. The Morgan fingerprint density at radius 3 is 2.73 bits per heavy atom. The van der Waals surface area contributed by atoms with Crippen LogP contribution in [0.3, 0.4) is 0 Å². The lowest BCUT2D eigenvalue weighted by molar-refractivity contribution is -0.151. The third kappa shape index (κ3) is 2.45. The molecule has 0 spiro atoms. The molecular weight excluding hydrogens is 204 g/mol. The summed E-state index contributed by atoms with van der Waals surface area (Å²) in [5.74, 6) is -0.956. The van der Waals surface area contributed by atoms with E-state index in [4.69, 9.17) is 0 Å². The Hall–Kier alpha value is -0.710. The zero-order valence-corrected chi connectivity index (χ0v) is 8.88. The maximum absolute atomic E-state index is 12.3. The summed E-state index contributed by atoms with van der Waals surface area (Å²) in [6.45, 7) is 1.92. The maximum atomic E-state index is 12.3. The molecule has 0 bridgehead atoms. The Balaban J connectivity index is 2.79. The van der Waals surface area contributed by atoms with Crippen molar-refractivity contribution >= 4 is 5.97 Å². The number of likely N-dealkylation sites (tertiary alicyclic amines) is 1. The quantitative estimate of drug-likeness (QED) is 0.771. The van der Waals surface area contributed by atoms with Crippen LogP contribution in [0, 0.1) is 0 Å². The molecule has 0 saturated carbocycles. The fourth-order valence-corrected chi connectivity index (χ4v) is 2.41. The molecule has 0 aromatic heterocycles. The zero-order valence-electron chi connectivity index (χ0n) is 8.88. The fourth-order valence-electron chi connectivity index (χ4n) is 2.41. The molecule has 3 nitrogen and oxygen atoms in total. The number of aliphatic carboxylic acids is 1. The first-order valence-corrected chi connectivity index (χ1v) is 5.29. The molecule has 0 radical (unpaired) electrons. The summed E-state index contributed by atoms with van der Waals surface area (Å²) < 4.78 is 24.6. The topological polar surface area (TPSA) is 40.5 Å². The lowest BCUT2D eigenvalue weighted by Crippen LogP contribution is -2.51. The highest BCUT2D eigenvalue weighted by atomic mass is 19.3. The number of carboxylic acids is 1. The van der Waals surface area contributed by atoms with Gasteiger partial charge in [-0.1, -0.05) is 13.3 Å². The molecule has 1 fully saturated rings. The molecule has 0 aliphatic carbocycles. The van der Waals surface area contributed by atoms with Crippen molar-refractivity contribution in [3.05, 3.63) is 0 Å². The van der Waals surface area contributed by atoms with Crippen molar-refractivity contribution in [1.29, 1.82) is 0 Å². The third-order valence-electron chi connectivity index (χ3n) is 3.04. The van der Waals surface area contributed by atoms with Crippen molar-refractivity contribution in [3.63, 3.8) is 0 Å².